The Balaban J connectivity index is 1.72. The Bertz CT molecular complexity index is 724. The summed E-state index contributed by atoms with van der Waals surface area (Å²) in [7, 11) is 0. The molecule has 3 rings (SSSR count). The third kappa shape index (κ3) is 4.07. The lowest BCUT2D eigenvalue weighted by Crippen LogP contribution is -2.40. The SMILES string of the molecule is CCOCCn1nc(C)cc1C(=O)N1CCCC(c2noc(C)n2)C1. The molecule has 0 spiro atoms. The molecule has 1 unspecified atom stereocenters. The third-order valence-corrected chi connectivity index (χ3v) is 4.39. The van der Waals surface area contributed by atoms with Crippen molar-refractivity contribution in [2.45, 2.75) is 46.1 Å². The van der Waals surface area contributed by atoms with E-state index in [1.807, 2.05) is 24.8 Å². The van der Waals surface area contributed by atoms with E-state index in [4.69, 9.17) is 9.26 Å². The van der Waals surface area contributed by atoms with Gasteiger partial charge in [0.15, 0.2) is 5.82 Å². The molecule has 2 aromatic rings. The monoisotopic (exact) mass is 347 g/mol. The van der Waals surface area contributed by atoms with Crippen molar-refractivity contribution in [1.82, 2.24) is 24.8 Å². The number of rotatable bonds is 6. The molecule has 0 aromatic carbocycles. The predicted molar refractivity (Wildman–Crippen MR) is 90.4 cm³/mol. The van der Waals surface area contributed by atoms with Crippen LogP contribution in [0.1, 0.15) is 53.6 Å². The third-order valence-electron chi connectivity index (χ3n) is 4.39. The van der Waals surface area contributed by atoms with E-state index in [1.165, 1.54) is 0 Å². The molecule has 25 heavy (non-hydrogen) atoms. The van der Waals surface area contributed by atoms with Gasteiger partial charge in [-0.15, -0.1) is 0 Å². The molecule has 0 saturated carbocycles. The van der Waals surface area contributed by atoms with Crippen LogP contribution in [0, 0.1) is 13.8 Å². The number of carbonyl (C=O) groups excluding carboxylic acids is 1. The summed E-state index contributed by atoms with van der Waals surface area (Å²) in [6.45, 7) is 8.74. The number of aromatic nitrogens is 4. The van der Waals surface area contributed by atoms with Gasteiger partial charge in [-0.3, -0.25) is 9.48 Å². The van der Waals surface area contributed by atoms with E-state index in [0.29, 0.717) is 43.7 Å². The number of aryl methyl sites for hydroxylation is 2. The Morgan fingerprint density at radius 3 is 3.00 bits per heavy atom. The number of hydrogen-bond acceptors (Lipinski definition) is 6. The summed E-state index contributed by atoms with van der Waals surface area (Å²) >= 11 is 0. The van der Waals surface area contributed by atoms with Crippen LogP contribution in [0.3, 0.4) is 0 Å². The highest BCUT2D eigenvalue weighted by molar-refractivity contribution is 5.92. The normalized spacial score (nSPS) is 17.9. The van der Waals surface area contributed by atoms with Crippen molar-refractivity contribution >= 4 is 5.91 Å². The van der Waals surface area contributed by atoms with Crippen LogP contribution >= 0.6 is 0 Å². The van der Waals surface area contributed by atoms with E-state index in [1.54, 1.807) is 11.6 Å². The molecule has 1 fully saturated rings. The first-order valence-electron chi connectivity index (χ1n) is 8.80. The van der Waals surface area contributed by atoms with Crippen LogP contribution in [0.4, 0.5) is 0 Å². The van der Waals surface area contributed by atoms with E-state index in [-0.39, 0.29) is 11.8 Å². The molecule has 1 saturated heterocycles. The maximum Gasteiger partial charge on any atom is 0.272 e. The molecule has 2 aromatic heterocycles. The zero-order chi connectivity index (χ0) is 17.8. The van der Waals surface area contributed by atoms with Crippen molar-refractivity contribution in [2.24, 2.45) is 0 Å². The van der Waals surface area contributed by atoms with E-state index in [9.17, 15) is 4.79 Å². The molecule has 3 heterocycles. The number of carbonyl (C=O) groups is 1. The quantitative estimate of drug-likeness (QED) is 0.742. The minimum atomic E-state index is 0.00187. The number of amides is 1. The molecular weight excluding hydrogens is 322 g/mol. The Hall–Kier alpha value is -2.22. The fourth-order valence-corrected chi connectivity index (χ4v) is 3.20. The van der Waals surface area contributed by atoms with Crippen LogP contribution in [-0.2, 0) is 11.3 Å². The standard InChI is InChI=1S/C17H25N5O3/c1-4-24-9-8-22-15(10-12(2)19-22)17(23)21-7-5-6-14(11-21)16-18-13(3)25-20-16/h10,14H,4-9,11H2,1-3H3. The Morgan fingerprint density at radius 2 is 2.28 bits per heavy atom. The maximum atomic E-state index is 13.0. The summed E-state index contributed by atoms with van der Waals surface area (Å²) in [5.74, 6) is 1.37. The lowest BCUT2D eigenvalue weighted by atomic mass is 9.97. The minimum Gasteiger partial charge on any atom is -0.380 e. The van der Waals surface area contributed by atoms with Crippen LogP contribution in [0.2, 0.25) is 0 Å². The first-order valence-corrected chi connectivity index (χ1v) is 8.80. The number of ether oxygens (including phenoxy) is 1. The average molecular weight is 347 g/mol. The molecular formula is C17H25N5O3. The summed E-state index contributed by atoms with van der Waals surface area (Å²) in [5, 5.41) is 8.45. The molecule has 0 radical (unpaired) electrons. The molecule has 0 N–H and O–H groups in total. The van der Waals surface area contributed by atoms with Crippen LogP contribution in [-0.4, -0.2) is 57.0 Å². The molecule has 1 aliphatic rings. The fraction of sp³-hybridized carbons (Fsp3) is 0.647. The lowest BCUT2D eigenvalue weighted by Gasteiger charge is -2.31. The second-order valence-corrected chi connectivity index (χ2v) is 6.35. The molecule has 8 nitrogen and oxygen atoms in total. The number of likely N-dealkylation sites (tertiary alicyclic amines) is 1. The second-order valence-electron chi connectivity index (χ2n) is 6.35. The van der Waals surface area contributed by atoms with Crippen molar-refractivity contribution in [2.75, 3.05) is 26.3 Å². The smallest absolute Gasteiger partial charge is 0.272 e. The zero-order valence-electron chi connectivity index (χ0n) is 15.1. The molecule has 0 bridgehead atoms. The Morgan fingerprint density at radius 1 is 1.44 bits per heavy atom. The van der Waals surface area contributed by atoms with Crippen LogP contribution in [0.15, 0.2) is 10.6 Å². The Kier molecular flexibility index (Phi) is 5.47. The summed E-state index contributed by atoms with van der Waals surface area (Å²) in [6, 6.07) is 1.84. The molecule has 8 heteroatoms. The maximum absolute atomic E-state index is 13.0. The van der Waals surface area contributed by atoms with Gasteiger partial charge in [-0.2, -0.15) is 10.1 Å². The van der Waals surface area contributed by atoms with Gasteiger partial charge in [-0.25, -0.2) is 0 Å². The van der Waals surface area contributed by atoms with E-state index >= 15 is 0 Å². The van der Waals surface area contributed by atoms with Crippen LogP contribution < -0.4 is 0 Å². The number of hydrogen-bond donors (Lipinski definition) is 0. The predicted octanol–water partition coefficient (Wildman–Crippen LogP) is 1.94. The molecule has 136 valence electrons. The first-order chi connectivity index (χ1) is 12.1. The highest BCUT2D eigenvalue weighted by Crippen LogP contribution is 2.26. The van der Waals surface area contributed by atoms with Gasteiger partial charge in [0, 0.05) is 32.5 Å². The van der Waals surface area contributed by atoms with Crippen molar-refractivity contribution < 1.29 is 14.1 Å². The van der Waals surface area contributed by atoms with Gasteiger partial charge in [0.05, 0.1) is 18.8 Å². The van der Waals surface area contributed by atoms with Gasteiger partial charge in [-0.1, -0.05) is 5.16 Å². The highest BCUT2D eigenvalue weighted by atomic mass is 16.5. The van der Waals surface area contributed by atoms with E-state index in [0.717, 1.165) is 25.1 Å². The van der Waals surface area contributed by atoms with Gasteiger partial charge in [-0.05, 0) is 32.8 Å². The zero-order valence-corrected chi connectivity index (χ0v) is 15.1. The summed E-state index contributed by atoms with van der Waals surface area (Å²) < 4.78 is 12.2. The molecule has 1 aliphatic heterocycles. The number of nitrogens with zero attached hydrogens (tertiary/aromatic N) is 5. The summed E-state index contributed by atoms with van der Waals surface area (Å²) in [4.78, 5) is 19.2. The van der Waals surface area contributed by atoms with Gasteiger partial charge >= 0.3 is 0 Å². The topological polar surface area (TPSA) is 86.3 Å². The largest absolute Gasteiger partial charge is 0.380 e. The van der Waals surface area contributed by atoms with Crippen LogP contribution in [0.5, 0.6) is 0 Å². The van der Waals surface area contributed by atoms with Crippen molar-refractivity contribution in [3.8, 4) is 0 Å². The summed E-state index contributed by atoms with van der Waals surface area (Å²) in [5.41, 5.74) is 1.45. The first kappa shape index (κ1) is 17.6. The fourth-order valence-electron chi connectivity index (χ4n) is 3.20. The van der Waals surface area contributed by atoms with Crippen molar-refractivity contribution in [3.63, 3.8) is 0 Å². The average Bonchev–Trinajstić information content (AvgIpc) is 3.20. The Labute approximate surface area is 147 Å². The van der Waals surface area contributed by atoms with Gasteiger partial charge in [0.25, 0.3) is 5.91 Å². The van der Waals surface area contributed by atoms with Crippen LogP contribution in [0.25, 0.3) is 0 Å². The van der Waals surface area contributed by atoms with Crippen molar-refractivity contribution in [1.29, 1.82) is 0 Å². The van der Waals surface area contributed by atoms with Gasteiger partial charge in [0.1, 0.15) is 5.69 Å². The molecule has 1 amide bonds. The van der Waals surface area contributed by atoms with Gasteiger partial charge in [0.2, 0.25) is 5.89 Å². The number of piperidine rings is 1. The van der Waals surface area contributed by atoms with Crippen molar-refractivity contribution in [3.05, 3.63) is 29.2 Å². The summed E-state index contributed by atoms with van der Waals surface area (Å²) in [6.07, 6.45) is 1.89. The highest BCUT2D eigenvalue weighted by Gasteiger charge is 2.29. The van der Waals surface area contributed by atoms with E-state index < -0.39 is 0 Å². The van der Waals surface area contributed by atoms with Gasteiger partial charge < -0.3 is 14.2 Å². The molecule has 0 aliphatic carbocycles. The van der Waals surface area contributed by atoms with E-state index in [2.05, 4.69) is 15.2 Å². The lowest BCUT2D eigenvalue weighted by molar-refractivity contribution is 0.0686. The second kappa shape index (κ2) is 7.77. The minimum absolute atomic E-state index is 0.00187. The molecule has 1 atom stereocenters.